The molecular weight excluding hydrogens is 270 g/mol. The van der Waals surface area contributed by atoms with Gasteiger partial charge < -0.3 is 5.32 Å². The minimum Gasteiger partial charge on any atom is -0.312 e. The molecule has 4 heteroatoms. The molecule has 118 valence electrons. The average molecular weight is 296 g/mol. The van der Waals surface area contributed by atoms with E-state index in [9.17, 15) is 8.78 Å². The largest absolute Gasteiger partial charge is 0.312 e. The van der Waals surface area contributed by atoms with Crippen molar-refractivity contribution >= 4 is 0 Å². The van der Waals surface area contributed by atoms with Crippen LogP contribution in [0.3, 0.4) is 0 Å². The third-order valence-electron chi connectivity index (χ3n) is 4.49. The Morgan fingerprint density at radius 3 is 2.86 bits per heavy atom. The van der Waals surface area contributed by atoms with Gasteiger partial charge in [0.25, 0.3) is 0 Å². The second kappa shape index (κ2) is 7.85. The van der Waals surface area contributed by atoms with Crippen LogP contribution < -0.4 is 5.32 Å². The zero-order valence-corrected chi connectivity index (χ0v) is 13.0. The van der Waals surface area contributed by atoms with Gasteiger partial charge in [0.1, 0.15) is 0 Å². The van der Waals surface area contributed by atoms with E-state index in [4.69, 9.17) is 0 Å². The van der Waals surface area contributed by atoms with E-state index >= 15 is 0 Å². The van der Waals surface area contributed by atoms with Gasteiger partial charge in [-0.25, -0.2) is 8.78 Å². The van der Waals surface area contributed by atoms with Crippen LogP contribution in [-0.2, 0) is 0 Å². The number of hydrogen-bond donors (Lipinski definition) is 1. The van der Waals surface area contributed by atoms with E-state index < -0.39 is 11.6 Å². The number of likely N-dealkylation sites (tertiary alicyclic amines) is 1. The molecule has 2 rings (SSSR count). The second-order valence-electron chi connectivity index (χ2n) is 5.92. The summed E-state index contributed by atoms with van der Waals surface area (Å²) in [6, 6.07) is 4.84. The fraction of sp³-hybridized carbons (Fsp3) is 0.647. The number of hydrogen-bond acceptors (Lipinski definition) is 2. The lowest BCUT2D eigenvalue weighted by molar-refractivity contribution is 0.125. The predicted octanol–water partition coefficient (Wildman–Crippen LogP) is 3.88. The summed E-state index contributed by atoms with van der Waals surface area (Å²) in [5.41, 5.74) is 0.429. The van der Waals surface area contributed by atoms with E-state index in [1.165, 1.54) is 38.2 Å². The first-order chi connectivity index (χ1) is 10.2. The fourth-order valence-electron chi connectivity index (χ4n) is 3.33. The van der Waals surface area contributed by atoms with E-state index in [2.05, 4.69) is 17.1 Å². The van der Waals surface area contributed by atoms with Crippen LogP contribution in [0, 0.1) is 11.6 Å². The SMILES string of the molecule is CCCC1CCCCN1CC(NC)c1cccc(F)c1F. The number of rotatable bonds is 6. The molecule has 0 bridgehead atoms. The van der Waals surface area contributed by atoms with E-state index in [-0.39, 0.29) is 6.04 Å². The van der Waals surface area contributed by atoms with Gasteiger partial charge in [0, 0.05) is 24.2 Å². The topological polar surface area (TPSA) is 15.3 Å². The molecule has 0 radical (unpaired) electrons. The summed E-state index contributed by atoms with van der Waals surface area (Å²) in [5.74, 6) is -1.49. The van der Waals surface area contributed by atoms with Gasteiger partial charge in [0.2, 0.25) is 0 Å². The molecule has 2 nitrogen and oxygen atoms in total. The minimum atomic E-state index is -0.767. The Morgan fingerprint density at radius 1 is 1.33 bits per heavy atom. The quantitative estimate of drug-likeness (QED) is 0.857. The monoisotopic (exact) mass is 296 g/mol. The van der Waals surface area contributed by atoms with Crippen LogP contribution in [0.25, 0.3) is 0 Å². The maximum Gasteiger partial charge on any atom is 0.163 e. The van der Waals surface area contributed by atoms with E-state index in [0.29, 0.717) is 11.6 Å². The van der Waals surface area contributed by atoms with Gasteiger partial charge in [-0.2, -0.15) is 0 Å². The molecule has 0 saturated carbocycles. The van der Waals surface area contributed by atoms with Crippen molar-refractivity contribution in [1.29, 1.82) is 0 Å². The Balaban J connectivity index is 2.12. The molecule has 0 spiro atoms. The fourth-order valence-corrected chi connectivity index (χ4v) is 3.33. The number of benzene rings is 1. The van der Waals surface area contributed by atoms with Gasteiger partial charge in [-0.05, 0) is 38.9 Å². The van der Waals surface area contributed by atoms with E-state index in [0.717, 1.165) is 13.1 Å². The Hall–Kier alpha value is -1.00. The zero-order valence-electron chi connectivity index (χ0n) is 13.0. The average Bonchev–Trinajstić information content (AvgIpc) is 2.50. The van der Waals surface area contributed by atoms with Crippen molar-refractivity contribution in [3.05, 3.63) is 35.4 Å². The van der Waals surface area contributed by atoms with Gasteiger partial charge in [0.05, 0.1) is 0 Å². The number of piperidine rings is 1. The van der Waals surface area contributed by atoms with Crippen molar-refractivity contribution in [3.8, 4) is 0 Å². The lowest BCUT2D eigenvalue weighted by Gasteiger charge is -2.38. The maximum absolute atomic E-state index is 14.0. The summed E-state index contributed by atoms with van der Waals surface area (Å²) in [6.45, 7) is 4.00. The Morgan fingerprint density at radius 2 is 2.14 bits per heavy atom. The summed E-state index contributed by atoms with van der Waals surface area (Å²) < 4.78 is 27.4. The van der Waals surface area contributed by atoms with Gasteiger partial charge in [-0.15, -0.1) is 0 Å². The summed E-state index contributed by atoms with van der Waals surface area (Å²) in [5, 5.41) is 3.15. The molecule has 1 aromatic carbocycles. The van der Waals surface area contributed by atoms with Gasteiger partial charge >= 0.3 is 0 Å². The molecule has 2 atom stereocenters. The number of nitrogens with zero attached hydrogens (tertiary/aromatic N) is 1. The summed E-state index contributed by atoms with van der Waals surface area (Å²) >= 11 is 0. The van der Waals surface area contributed by atoms with E-state index in [1.54, 1.807) is 12.1 Å². The maximum atomic E-state index is 14.0. The lowest BCUT2D eigenvalue weighted by atomic mass is 9.96. The van der Waals surface area contributed by atoms with Crippen LogP contribution in [0.5, 0.6) is 0 Å². The van der Waals surface area contributed by atoms with Crippen LogP contribution in [0.15, 0.2) is 18.2 Å². The molecule has 2 unspecified atom stereocenters. The predicted molar refractivity (Wildman–Crippen MR) is 82.3 cm³/mol. The smallest absolute Gasteiger partial charge is 0.163 e. The first kappa shape index (κ1) is 16.4. The normalized spacial score (nSPS) is 21.4. The Bertz CT molecular complexity index is 448. The van der Waals surface area contributed by atoms with Crippen LogP contribution in [0.1, 0.15) is 50.6 Å². The van der Waals surface area contributed by atoms with E-state index in [1.807, 2.05) is 7.05 Å². The molecular formula is C17H26F2N2. The van der Waals surface area contributed by atoms with Gasteiger partial charge in [-0.3, -0.25) is 4.90 Å². The minimum absolute atomic E-state index is 0.168. The highest BCUT2D eigenvalue weighted by atomic mass is 19.2. The van der Waals surface area contributed by atoms with Crippen LogP contribution in [0.2, 0.25) is 0 Å². The first-order valence-corrected chi connectivity index (χ1v) is 8.02. The highest BCUT2D eigenvalue weighted by molar-refractivity contribution is 5.23. The Labute approximate surface area is 126 Å². The van der Waals surface area contributed by atoms with Crippen molar-refractivity contribution in [2.45, 2.75) is 51.1 Å². The molecule has 1 aromatic rings. The van der Waals surface area contributed by atoms with Gasteiger partial charge in [0.15, 0.2) is 11.6 Å². The summed E-state index contributed by atoms with van der Waals surface area (Å²) in [6.07, 6.45) is 6.04. The molecule has 1 fully saturated rings. The molecule has 1 saturated heterocycles. The molecule has 0 aliphatic carbocycles. The molecule has 0 amide bonds. The number of halogens is 2. The number of likely N-dealkylation sites (N-methyl/N-ethyl adjacent to an activating group) is 1. The third-order valence-corrected chi connectivity index (χ3v) is 4.49. The zero-order chi connectivity index (χ0) is 15.2. The lowest BCUT2D eigenvalue weighted by Crippen LogP contribution is -2.44. The molecule has 21 heavy (non-hydrogen) atoms. The highest BCUT2D eigenvalue weighted by Crippen LogP contribution is 2.25. The van der Waals surface area contributed by atoms with Crippen molar-refractivity contribution in [1.82, 2.24) is 10.2 Å². The van der Waals surface area contributed by atoms with Crippen LogP contribution in [0.4, 0.5) is 8.78 Å². The van der Waals surface area contributed by atoms with Crippen LogP contribution in [-0.4, -0.2) is 31.1 Å². The molecule has 1 aliphatic heterocycles. The third kappa shape index (κ3) is 4.01. The van der Waals surface area contributed by atoms with Crippen molar-refractivity contribution < 1.29 is 8.78 Å². The Kier molecular flexibility index (Phi) is 6.12. The van der Waals surface area contributed by atoms with Crippen LogP contribution >= 0.6 is 0 Å². The van der Waals surface area contributed by atoms with Crippen molar-refractivity contribution in [3.63, 3.8) is 0 Å². The highest BCUT2D eigenvalue weighted by Gasteiger charge is 2.26. The molecule has 1 aliphatic rings. The standard InChI is InChI=1S/C17H26F2N2/c1-3-7-13-8-4-5-11-21(13)12-16(20-2)14-9-6-10-15(18)17(14)19/h6,9-10,13,16,20H,3-5,7-8,11-12H2,1-2H3. The molecule has 1 heterocycles. The number of nitrogens with one attached hydrogen (secondary N) is 1. The summed E-state index contributed by atoms with van der Waals surface area (Å²) in [4.78, 5) is 2.44. The van der Waals surface area contributed by atoms with Crippen molar-refractivity contribution in [2.75, 3.05) is 20.1 Å². The molecule has 1 N–H and O–H groups in total. The molecule has 0 aromatic heterocycles. The summed E-state index contributed by atoms with van der Waals surface area (Å²) in [7, 11) is 1.81. The second-order valence-corrected chi connectivity index (χ2v) is 5.92. The van der Waals surface area contributed by atoms with Crippen molar-refractivity contribution in [2.24, 2.45) is 0 Å². The van der Waals surface area contributed by atoms with Gasteiger partial charge in [-0.1, -0.05) is 31.9 Å². The first-order valence-electron chi connectivity index (χ1n) is 8.02.